The number of hydrogen-bond donors (Lipinski definition) is 3. The fourth-order valence-electron chi connectivity index (χ4n) is 3.08. The Morgan fingerprint density at radius 1 is 1.14 bits per heavy atom. The molecule has 152 valence electrons. The molecule has 7 heteroatoms. The van der Waals surface area contributed by atoms with Gasteiger partial charge in [0.05, 0.1) is 6.54 Å². The van der Waals surface area contributed by atoms with Gasteiger partial charge in [-0.25, -0.2) is 4.98 Å². The molecule has 0 aliphatic carbocycles. The summed E-state index contributed by atoms with van der Waals surface area (Å²) in [5.74, 6) is 1.08. The van der Waals surface area contributed by atoms with Crippen LogP contribution in [0, 0.1) is 0 Å². The quantitative estimate of drug-likeness (QED) is 0.545. The number of aromatic nitrogens is 3. The molecule has 0 aliphatic rings. The van der Waals surface area contributed by atoms with Crippen LogP contribution in [0.2, 0.25) is 0 Å². The Labute approximate surface area is 171 Å². The molecule has 1 amide bonds. The van der Waals surface area contributed by atoms with Crippen LogP contribution < -0.4 is 11.1 Å². The van der Waals surface area contributed by atoms with Crippen molar-refractivity contribution in [2.24, 2.45) is 5.73 Å². The number of H-pyrrole nitrogens is 1. The van der Waals surface area contributed by atoms with Gasteiger partial charge >= 0.3 is 0 Å². The molecule has 0 spiro atoms. The van der Waals surface area contributed by atoms with E-state index in [1.807, 2.05) is 48.5 Å². The molecule has 0 radical (unpaired) electrons. The van der Waals surface area contributed by atoms with Crippen LogP contribution in [-0.4, -0.2) is 38.6 Å². The van der Waals surface area contributed by atoms with Crippen molar-refractivity contribution in [3.63, 3.8) is 0 Å². The number of amides is 1. The normalized spacial score (nSPS) is 11.2. The van der Waals surface area contributed by atoms with Crippen LogP contribution >= 0.6 is 0 Å². The lowest BCUT2D eigenvalue weighted by molar-refractivity contribution is 0.102. The lowest BCUT2D eigenvalue weighted by Crippen LogP contribution is -2.29. The predicted molar refractivity (Wildman–Crippen MR) is 115 cm³/mol. The lowest BCUT2D eigenvalue weighted by Gasteiger charge is -2.24. The van der Waals surface area contributed by atoms with Crippen molar-refractivity contribution in [2.45, 2.75) is 39.9 Å². The van der Waals surface area contributed by atoms with Crippen LogP contribution in [0.3, 0.4) is 0 Å². The highest BCUT2D eigenvalue weighted by Crippen LogP contribution is 2.19. The van der Waals surface area contributed by atoms with E-state index < -0.39 is 0 Å². The van der Waals surface area contributed by atoms with Crippen molar-refractivity contribution < 1.29 is 4.79 Å². The number of nitrogens with zero attached hydrogens (tertiary/aromatic N) is 3. The van der Waals surface area contributed by atoms with Gasteiger partial charge in [0.25, 0.3) is 5.91 Å². The fraction of sp³-hybridized carbons (Fsp3) is 0.318. The summed E-state index contributed by atoms with van der Waals surface area (Å²) in [7, 11) is 0. The number of hydrogen-bond acceptors (Lipinski definition) is 5. The molecule has 0 unspecified atom stereocenters. The van der Waals surface area contributed by atoms with E-state index in [9.17, 15) is 4.79 Å². The monoisotopic (exact) mass is 392 g/mol. The van der Waals surface area contributed by atoms with Crippen molar-refractivity contribution in [2.75, 3.05) is 11.9 Å². The lowest BCUT2D eigenvalue weighted by atomic mass is 10.1. The second kappa shape index (κ2) is 9.45. The first-order valence-electron chi connectivity index (χ1n) is 9.86. The van der Waals surface area contributed by atoms with Gasteiger partial charge in [0.15, 0.2) is 5.82 Å². The number of aromatic amines is 1. The maximum Gasteiger partial charge on any atom is 0.255 e. The summed E-state index contributed by atoms with van der Waals surface area (Å²) in [6.45, 7) is 8.73. The molecule has 1 aromatic heterocycles. The van der Waals surface area contributed by atoms with E-state index in [1.165, 1.54) is 5.56 Å². The molecule has 2 aromatic carbocycles. The maximum absolute atomic E-state index is 12.5. The molecule has 0 saturated heterocycles. The second-order valence-electron chi connectivity index (χ2n) is 7.20. The van der Waals surface area contributed by atoms with Gasteiger partial charge < -0.3 is 11.1 Å². The molecule has 4 N–H and O–H groups in total. The van der Waals surface area contributed by atoms with Gasteiger partial charge in [-0.3, -0.25) is 14.8 Å². The maximum atomic E-state index is 12.5. The summed E-state index contributed by atoms with van der Waals surface area (Å²) in [5.41, 5.74) is 8.95. The van der Waals surface area contributed by atoms with E-state index in [0.29, 0.717) is 29.8 Å². The molecule has 3 aromatic rings. The van der Waals surface area contributed by atoms with Crippen molar-refractivity contribution in [3.8, 4) is 11.4 Å². The van der Waals surface area contributed by atoms with Crippen LogP contribution in [0.4, 0.5) is 5.69 Å². The third-order valence-corrected chi connectivity index (χ3v) is 4.86. The standard InChI is InChI=1S/C22H28N6O/c1-4-28(15(2)3)14-16-5-7-18(8-6-16)22(29)24-19-11-9-17(10-12-19)21-25-20(13-23)26-27-21/h5-12,15H,4,13-14,23H2,1-3H3,(H,24,29)(H,25,26,27). The predicted octanol–water partition coefficient (Wildman–Crippen LogP) is 3.41. The van der Waals surface area contributed by atoms with E-state index in [-0.39, 0.29) is 5.91 Å². The number of carbonyl (C=O) groups excluding carboxylic acids is 1. The highest BCUT2D eigenvalue weighted by atomic mass is 16.1. The van der Waals surface area contributed by atoms with Gasteiger partial charge in [-0.1, -0.05) is 19.1 Å². The Morgan fingerprint density at radius 3 is 2.38 bits per heavy atom. The average molecular weight is 393 g/mol. The second-order valence-corrected chi connectivity index (χ2v) is 7.20. The minimum Gasteiger partial charge on any atom is -0.324 e. The van der Waals surface area contributed by atoms with Crippen LogP contribution in [-0.2, 0) is 13.1 Å². The van der Waals surface area contributed by atoms with Crippen LogP contribution in [0.15, 0.2) is 48.5 Å². The van der Waals surface area contributed by atoms with Crippen molar-refractivity contribution in [1.82, 2.24) is 20.1 Å². The molecule has 29 heavy (non-hydrogen) atoms. The highest BCUT2D eigenvalue weighted by Gasteiger charge is 2.10. The fourth-order valence-corrected chi connectivity index (χ4v) is 3.08. The first kappa shape index (κ1) is 20.7. The van der Waals surface area contributed by atoms with Gasteiger partial charge in [-0.2, -0.15) is 5.10 Å². The summed E-state index contributed by atoms with van der Waals surface area (Å²) in [4.78, 5) is 19.2. The van der Waals surface area contributed by atoms with E-state index >= 15 is 0 Å². The molecule has 1 heterocycles. The molecule has 0 fully saturated rings. The minimum absolute atomic E-state index is 0.135. The zero-order chi connectivity index (χ0) is 20.8. The average Bonchev–Trinajstić information content (AvgIpc) is 3.22. The summed E-state index contributed by atoms with van der Waals surface area (Å²) >= 11 is 0. The van der Waals surface area contributed by atoms with Crippen molar-refractivity contribution in [3.05, 3.63) is 65.5 Å². The van der Waals surface area contributed by atoms with E-state index in [4.69, 9.17) is 5.73 Å². The molecule has 0 saturated carbocycles. The summed E-state index contributed by atoms with van der Waals surface area (Å²) in [6, 6.07) is 15.7. The number of carbonyl (C=O) groups is 1. The number of rotatable bonds is 8. The third kappa shape index (κ3) is 5.28. The van der Waals surface area contributed by atoms with Crippen molar-refractivity contribution in [1.29, 1.82) is 0 Å². The Morgan fingerprint density at radius 2 is 1.83 bits per heavy atom. The number of anilines is 1. The molecule has 0 atom stereocenters. The third-order valence-electron chi connectivity index (χ3n) is 4.86. The zero-order valence-electron chi connectivity index (χ0n) is 17.1. The highest BCUT2D eigenvalue weighted by molar-refractivity contribution is 6.04. The van der Waals surface area contributed by atoms with Gasteiger partial charge in [0, 0.05) is 29.4 Å². The molecule has 3 rings (SSSR count). The molecular formula is C22H28N6O. The van der Waals surface area contributed by atoms with Gasteiger partial charge in [0.1, 0.15) is 5.82 Å². The van der Waals surface area contributed by atoms with Crippen LogP contribution in [0.25, 0.3) is 11.4 Å². The number of nitrogens with two attached hydrogens (primary N) is 1. The molecular weight excluding hydrogens is 364 g/mol. The Kier molecular flexibility index (Phi) is 6.74. The van der Waals surface area contributed by atoms with Crippen molar-refractivity contribution >= 4 is 11.6 Å². The first-order chi connectivity index (χ1) is 14.0. The summed E-state index contributed by atoms with van der Waals surface area (Å²) in [6.07, 6.45) is 0. The number of benzene rings is 2. The number of nitrogens with one attached hydrogen (secondary N) is 2. The van der Waals surface area contributed by atoms with E-state index in [1.54, 1.807) is 0 Å². The smallest absolute Gasteiger partial charge is 0.255 e. The van der Waals surface area contributed by atoms with Crippen LogP contribution in [0.1, 0.15) is 42.5 Å². The van der Waals surface area contributed by atoms with E-state index in [0.717, 1.165) is 24.3 Å². The van der Waals surface area contributed by atoms with Gasteiger partial charge in [0.2, 0.25) is 0 Å². The van der Waals surface area contributed by atoms with Crippen LogP contribution in [0.5, 0.6) is 0 Å². The summed E-state index contributed by atoms with van der Waals surface area (Å²) in [5, 5.41) is 9.85. The zero-order valence-corrected chi connectivity index (χ0v) is 17.1. The Bertz CT molecular complexity index is 931. The minimum atomic E-state index is -0.135. The van der Waals surface area contributed by atoms with Gasteiger partial charge in [-0.05, 0) is 62.4 Å². The SMILES string of the molecule is CCN(Cc1ccc(C(=O)Nc2ccc(-c3n[nH]c(CN)n3)cc2)cc1)C(C)C. The Hall–Kier alpha value is -3.03. The molecule has 0 aliphatic heterocycles. The first-order valence-corrected chi connectivity index (χ1v) is 9.86. The molecule has 0 bridgehead atoms. The van der Waals surface area contributed by atoms with E-state index in [2.05, 4.69) is 46.2 Å². The largest absolute Gasteiger partial charge is 0.324 e. The molecule has 7 nitrogen and oxygen atoms in total. The Balaban J connectivity index is 1.62. The summed E-state index contributed by atoms with van der Waals surface area (Å²) < 4.78 is 0. The van der Waals surface area contributed by atoms with Gasteiger partial charge in [-0.15, -0.1) is 0 Å². The topological polar surface area (TPSA) is 99.9 Å².